The van der Waals surface area contributed by atoms with Crippen molar-refractivity contribution in [1.29, 1.82) is 0 Å². The zero-order valence-corrected chi connectivity index (χ0v) is 16.0. The Labute approximate surface area is 157 Å². The van der Waals surface area contributed by atoms with Crippen molar-refractivity contribution in [2.75, 3.05) is 23.3 Å². The van der Waals surface area contributed by atoms with Crippen molar-refractivity contribution >= 4 is 38.9 Å². The lowest BCUT2D eigenvalue weighted by Crippen LogP contribution is -2.24. The Morgan fingerprint density at radius 2 is 1.96 bits per heavy atom. The highest BCUT2D eigenvalue weighted by atomic mass is 35.5. The van der Waals surface area contributed by atoms with Gasteiger partial charge < -0.3 is 9.64 Å². The molecule has 0 aromatic heterocycles. The summed E-state index contributed by atoms with van der Waals surface area (Å²) in [5.74, 6) is 0.183. The standard InChI is InChI=1S/C18H19ClN2O4S/c1-12-5-6-13(10-15(12)19)20-26(23,24)17-11-14(7-8-16(17)25-2)21-9-3-4-18(21)22/h5-8,10-11,20H,3-4,9H2,1-2H3. The largest absolute Gasteiger partial charge is 0.495 e. The SMILES string of the molecule is COc1ccc(N2CCCC2=O)cc1S(=O)(=O)Nc1ccc(C)c(Cl)c1. The van der Waals surface area contributed by atoms with Crippen molar-refractivity contribution in [1.82, 2.24) is 0 Å². The van der Waals surface area contributed by atoms with Crippen molar-refractivity contribution < 1.29 is 17.9 Å². The predicted molar refractivity (Wildman–Crippen MR) is 102 cm³/mol. The van der Waals surface area contributed by atoms with E-state index in [-0.39, 0.29) is 16.6 Å². The molecule has 26 heavy (non-hydrogen) atoms. The van der Waals surface area contributed by atoms with E-state index in [0.29, 0.717) is 29.4 Å². The molecule has 1 amide bonds. The second kappa shape index (κ2) is 7.17. The molecule has 138 valence electrons. The number of methoxy groups -OCH3 is 1. The van der Waals surface area contributed by atoms with Gasteiger partial charge in [0, 0.05) is 23.7 Å². The van der Waals surface area contributed by atoms with Crippen LogP contribution in [-0.2, 0) is 14.8 Å². The van der Waals surface area contributed by atoms with Gasteiger partial charge in [-0.2, -0.15) is 0 Å². The summed E-state index contributed by atoms with van der Waals surface area (Å²) >= 11 is 6.07. The van der Waals surface area contributed by atoms with Crippen LogP contribution in [0.4, 0.5) is 11.4 Å². The molecule has 1 heterocycles. The molecule has 0 atom stereocenters. The summed E-state index contributed by atoms with van der Waals surface area (Å²) < 4.78 is 33.5. The highest BCUT2D eigenvalue weighted by molar-refractivity contribution is 7.92. The van der Waals surface area contributed by atoms with Crippen LogP contribution in [0.2, 0.25) is 5.02 Å². The van der Waals surface area contributed by atoms with E-state index in [0.717, 1.165) is 12.0 Å². The maximum atomic E-state index is 12.9. The van der Waals surface area contributed by atoms with Gasteiger partial charge in [-0.3, -0.25) is 9.52 Å². The van der Waals surface area contributed by atoms with Gasteiger partial charge in [-0.15, -0.1) is 0 Å². The molecule has 1 aliphatic rings. The summed E-state index contributed by atoms with van der Waals surface area (Å²) in [5, 5.41) is 0.466. The molecule has 2 aromatic rings. The minimum absolute atomic E-state index is 0.0169. The minimum atomic E-state index is -3.93. The average molecular weight is 395 g/mol. The van der Waals surface area contributed by atoms with Crippen LogP contribution in [0, 0.1) is 6.92 Å². The molecule has 1 aliphatic heterocycles. The number of benzene rings is 2. The van der Waals surface area contributed by atoms with Crippen LogP contribution < -0.4 is 14.4 Å². The predicted octanol–water partition coefficient (Wildman–Crippen LogP) is 3.58. The number of rotatable bonds is 5. The molecule has 1 N–H and O–H groups in total. The second-order valence-corrected chi connectivity index (χ2v) is 8.11. The number of anilines is 2. The number of aryl methyl sites for hydroxylation is 1. The van der Waals surface area contributed by atoms with Crippen LogP contribution in [-0.4, -0.2) is 28.0 Å². The van der Waals surface area contributed by atoms with Crippen molar-refractivity contribution in [3.8, 4) is 5.75 Å². The number of hydrogen-bond donors (Lipinski definition) is 1. The van der Waals surface area contributed by atoms with Gasteiger partial charge in [0.05, 0.1) is 12.8 Å². The van der Waals surface area contributed by atoms with Gasteiger partial charge in [0.2, 0.25) is 5.91 Å². The number of carbonyl (C=O) groups excluding carboxylic acids is 1. The molecule has 1 saturated heterocycles. The third-order valence-electron chi connectivity index (χ3n) is 4.25. The number of halogens is 1. The molecule has 0 spiro atoms. The number of hydrogen-bond acceptors (Lipinski definition) is 4. The maximum absolute atomic E-state index is 12.9. The highest BCUT2D eigenvalue weighted by Crippen LogP contribution is 2.32. The van der Waals surface area contributed by atoms with Gasteiger partial charge in [0.25, 0.3) is 10.0 Å². The van der Waals surface area contributed by atoms with Crippen molar-refractivity contribution in [3.05, 3.63) is 47.0 Å². The number of amides is 1. The van der Waals surface area contributed by atoms with Gasteiger partial charge in [0.1, 0.15) is 10.6 Å². The van der Waals surface area contributed by atoms with Crippen molar-refractivity contribution in [2.24, 2.45) is 0 Å². The zero-order valence-electron chi connectivity index (χ0n) is 14.5. The average Bonchev–Trinajstić information content (AvgIpc) is 3.03. The number of carbonyl (C=O) groups is 1. The smallest absolute Gasteiger partial charge is 0.265 e. The van der Waals surface area contributed by atoms with E-state index in [9.17, 15) is 13.2 Å². The van der Waals surface area contributed by atoms with E-state index < -0.39 is 10.0 Å². The Morgan fingerprint density at radius 1 is 1.19 bits per heavy atom. The molecule has 0 radical (unpaired) electrons. The normalized spacial score (nSPS) is 14.6. The molecule has 0 saturated carbocycles. The Morgan fingerprint density at radius 3 is 2.58 bits per heavy atom. The van der Waals surface area contributed by atoms with E-state index in [1.165, 1.54) is 13.2 Å². The van der Waals surface area contributed by atoms with E-state index in [1.54, 1.807) is 35.2 Å². The summed E-state index contributed by atoms with van der Waals surface area (Å²) in [6.07, 6.45) is 1.22. The molecule has 0 bridgehead atoms. The molecule has 6 nitrogen and oxygen atoms in total. The van der Waals surface area contributed by atoms with E-state index in [2.05, 4.69) is 4.72 Å². The lowest BCUT2D eigenvalue weighted by Gasteiger charge is -2.19. The second-order valence-electron chi connectivity index (χ2n) is 6.05. The lowest BCUT2D eigenvalue weighted by molar-refractivity contribution is -0.117. The topological polar surface area (TPSA) is 75.7 Å². The van der Waals surface area contributed by atoms with Crippen LogP contribution in [0.15, 0.2) is 41.3 Å². The first-order chi connectivity index (χ1) is 12.3. The summed E-state index contributed by atoms with van der Waals surface area (Å²) in [7, 11) is -2.53. The Bertz CT molecular complexity index is 960. The van der Waals surface area contributed by atoms with Crippen molar-refractivity contribution in [3.63, 3.8) is 0 Å². The molecule has 8 heteroatoms. The monoisotopic (exact) mass is 394 g/mol. The summed E-state index contributed by atoms with van der Waals surface area (Å²) in [5.41, 5.74) is 1.74. The third kappa shape index (κ3) is 3.64. The Kier molecular flexibility index (Phi) is 5.11. The van der Waals surface area contributed by atoms with Crippen molar-refractivity contribution in [2.45, 2.75) is 24.7 Å². The lowest BCUT2D eigenvalue weighted by atomic mass is 10.2. The molecular formula is C18H19ClN2O4S. The number of nitrogens with zero attached hydrogens (tertiary/aromatic N) is 1. The Hall–Kier alpha value is -2.25. The van der Waals surface area contributed by atoms with E-state index in [4.69, 9.17) is 16.3 Å². The fourth-order valence-electron chi connectivity index (χ4n) is 2.83. The minimum Gasteiger partial charge on any atom is -0.495 e. The van der Waals surface area contributed by atoms with Gasteiger partial charge in [-0.1, -0.05) is 17.7 Å². The van der Waals surface area contributed by atoms with Crippen LogP contribution in [0.3, 0.4) is 0 Å². The van der Waals surface area contributed by atoms with Gasteiger partial charge in [0.15, 0.2) is 0 Å². The third-order valence-corrected chi connectivity index (χ3v) is 6.06. The number of ether oxygens (including phenoxy) is 1. The van der Waals surface area contributed by atoms with Gasteiger partial charge in [-0.25, -0.2) is 8.42 Å². The molecule has 2 aromatic carbocycles. The highest BCUT2D eigenvalue weighted by Gasteiger charge is 2.26. The van der Waals surface area contributed by atoms with Crippen LogP contribution in [0.25, 0.3) is 0 Å². The van der Waals surface area contributed by atoms with Gasteiger partial charge >= 0.3 is 0 Å². The molecule has 1 fully saturated rings. The van der Waals surface area contributed by atoms with Crippen LogP contribution in [0.1, 0.15) is 18.4 Å². The van der Waals surface area contributed by atoms with E-state index in [1.807, 2.05) is 6.92 Å². The molecule has 0 aliphatic carbocycles. The first-order valence-electron chi connectivity index (χ1n) is 8.09. The summed E-state index contributed by atoms with van der Waals surface area (Å²) in [6.45, 7) is 2.41. The van der Waals surface area contributed by atoms with Crippen LogP contribution in [0.5, 0.6) is 5.75 Å². The fourth-order valence-corrected chi connectivity index (χ4v) is 4.25. The zero-order chi connectivity index (χ0) is 18.9. The molecule has 3 rings (SSSR count). The number of sulfonamides is 1. The first kappa shape index (κ1) is 18.5. The fraction of sp³-hybridized carbons (Fsp3) is 0.278. The maximum Gasteiger partial charge on any atom is 0.265 e. The molecular weight excluding hydrogens is 376 g/mol. The van der Waals surface area contributed by atoms with E-state index >= 15 is 0 Å². The van der Waals surface area contributed by atoms with Gasteiger partial charge in [-0.05, 0) is 49.2 Å². The summed E-state index contributed by atoms with van der Waals surface area (Å²) in [6, 6.07) is 9.62. The molecule has 0 unspecified atom stereocenters. The first-order valence-corrected chi connectivity index (χ1v) is 9.95. The van der Waals surface area contributed by atoms with Crippen LogP contribution >= 0.6 is 11.6 Å². The summed E-state index contributed by atoms with van der Waals surface area (Å²) in [4.78, 5) is 13.5. The Balaban J connectivity index is 1.99. The quantitative estimate of drug-likeness (QED) is 0.840. The number of nitrogens with one attached hydrogen (secondary N) is 1.